The minimum atomic E-state index is 0. The van der Waals surface area contributed by atoms with Crippen molar-refractivity contribution < 1.29 is 21.7 Å². The molecule has 2 aliphatic carbocycles. The normalized spacial score (nSPS) is 16.2. The average Bonchev–Trinajstić information content (AvgIpc) is 3.00. The molecule has 0 aromatic rings. The van der Waals surface area contributed by atoms with Crippen molar-refractivity contribution in [1.29, 1.82) is 0 Å². The number of rotatable bonds is 0. The zero-order valence-electron chi connectivity index (χ0n) is 12.5. The van der Waals surface area contributed by atoms with Gasteiger partial charge in [-0.1, -0.05) is 64.2 Å². The largest absolute Gasteiger partial charge is 4.00 e. The van der Waals surface area contributed by atoms with Crippen LogP contribution in [0.1, 0.15) is 64.2 Å². The smallest absolute Gasteiger partial charge is 0.668 e. The molecule has 3 heteroatoms. The molecule has 0 aromatic heterocycles. The van der Waals surface area contributed by atoms with E-state index in [0.717, 1.165) is 0 Å². The number of hydrogen-bond acceptors (Lipinski definition) is 0. The summed E-state index contributed by atoms with van der Waals surface area (Å²) in [5, 5.41) is 7.00. The first-order chi connectivity index (χ1) is 7.83. The van der Waals surface area contributed by atoms with E-state index in [1.807, 2.05) is 0 Å². The zero-order chi connectivity index (χ0) is 12.5. The summed E-state index contributed by atoms with van der Waals surface area (Å²) in [6.07, 6.45) is 15.0. The maximum atomic E-state index is 3.50. The fourth-order valence-electron chi connectivity index (χ4n) is 1.77. The Balaban J connectivity index is -0.000000157. The van der Waals surface area contributed by atoms with Crippen molar-refractivity contribution >= 4 is 0 Å². The van der Waals surface area contributed by atoms with Crippen LogP contribution in [0.15, 0.2) is 0 Å². The molecule has 0 amide bonds. The molecule has 0 bridgehead atoms. The summed E-state index contributed by atoms with van der Waals surface area (Å²) in [4.78, 5) is 0. The predicted molar refractivity (Wildman–Crippen MR) is 76.6 cm³/mol. The molecule has 0 radical (unpaired) electrons. The minimum Gasteiger partial charge on any atom is -0.668 e. The van der Waals surface area contributed by atoms with Crippen LogP contribution in [-0.4, -0.2) is 28.2 Å². The maximum Gasteiger partial charge on any atom is 4.00 e. The second-order valence-electron chi connectivity index (χ2n) is 4.43. The van der Waals surface area contributed by atoms with E-state index >= 15 is 0 Å². The molecule has 2 rings (SSSR count). The van der Waals surface area contributed by atoms with E-state index in [1.165, 1.54) is 64.2 Å². The molecule has 0 aliphatic heterocycles. The van der Waals surface area contributed by atoms with Gasteiger partial charge in [-0.05, 0) is 0 Å². The van der Waals surface area contributed by atoms with Crippen molar-refractivity contribution in [2.75, 3.05) is 28.2 Å². The van der Waals surface area contributed by atoms with Gasteiger partial charge in [0.2, 0.25) is 0 Å². The molecule has 0 heterocycles. The van der Waals surface area contributed by atoms with Gasteiger partial charge in [-0.3, -0.25) is 0 Å². The summed E-state index contributed by atoms with van der Waals surface area (Å²) in [5.74, 6) is 0. The van der Waals surface area contributed by atoms with Gasteiger partial charge in [0.05, 0.1) is 0 Å². The second kappa shape index (κ2) is 25.5. The molecule has 2 saturated carbocycles. The van der Waals surface area contributed by atoms with Crippen LogP contribution in [0.3, 0.4) is 0 Å². The SMILES string of the molecule is C1CCCC1.C1CCCC1.C[N-]C.C[N-]C.[Ti+4]. The Bertz CT molecular complexity index is 65.0. The van der Waals surface area contributed by atoms with Crippen LogP contribution in [0.2, 0.25) is 0 Å². The van der Waals surface area contributed by atoms with Crippen molar-refractivity contribution in [3.05, 3.63) is 10.6 Å². The summed E-state index contributed by atoms with van der Waals surface area (Å²) < 4.78 is 0. The van der Waals surface area contributed by atoms with Gasteiger partial charge in [0.25, 0.3) is 0 Å². The van der Waals surface area contributed by atoms with E-state index in [9.17, 15) is 0 Å². The summed E-state index contributed by atoms with van der Waals surface area (Å²) in [6, 6.07) is 0. The van der Waals surface area contributed by atoms with Gasteiger partial charge in [0.15, 0.2) is 0 Å². The molecule has 17 heavy (non-hydrogen) atoms. The quantitative estimate of drug-likeness (QED) is 0.548. The van der Waals surface area contributed by atoms with Gasteiger partial charge in [-0.25, -0.2) is 0 Å². The minimum absolute atomic E-state index is 0. The van der Waals surface area contributed by atoms with Crippen LogP contribution >= 0.6 is 0 Å². The third kappa shape index (κ3) is 31.5. The maximum absolute atomic E-state index is 3.50. The van der Waals surface area contributed by atoms with Crippen LogP contribution in [0.5, 0.6) is 0 Å². The van der Waals surface area contributed by atoms with Gasteiger partial charge in [-0.15, -0.1) is 0 Å². The summed E-state index contributed by atoms with van der Waals surface area (Å²) >= 11 is 0. The van der Waals surface area contributed by atoms with Crippen molar-refractivity contribution in [3.8, 4) is 0 Å². The molecular formula is C14H32N2Ti+2. The zero-order valence-corrected chi connectivity index (χ0v) is 14.0. The Hall–Kier alpha value is 0.634. The second-order valence-corrected chi connectivity index (χ2v) is 4.43. The van der Waals surface area contributed by atoms with Crippen molar-refractivity contribution in [3.63, 3.8) is 0 Å². The van der Waals surface area contributed by atoms with Crippen LogP contribution in [-0.2, 0) is 21.7 Å². The van der Waals surface area contributed by atoms with Crippen LogP contribution in [0.25, 0.3) is 10.6 Å². The molecule has 0 saturated heterocycles. The Morgan fingerprint density at radius 2 is 0.471 bits per heavy atom. The topological polar surface area (TPSA) is 28.2 Å². The Kier molecular flexibility index (Phi) is 34.1. The van der Waals surface area contributed by atoms with Crippen molar-refractivity contribution in [1.82, 2.24) is 0 Å². The van der Waals surface area contributed by atoms with E-state index in [4.69, 9.17) is 0 Å². The monoisotopic (exact) mass is 276 g/mol. The molecule has 2 fully saturated rings. The van der Waals surface area contributed by atoms with Crippen LogP contribution in [0, 0.1) is 0 Å². The summed E-state index contributed by atoms with van der Waals surface area (Å²) in [5.41, 5.74) is 0. The first-order valence-corrected chi connectivity index (χ1v) is 6.79. The number of nitrogens with zero attached hydrogens (tertiary/aromatic N) is 2. The van der Waals surface area contributed by atoms with Crippen LogP contribution in [0.4, 0.5) is 0 Å². The predicted octanol–water partition coefficient (Wildman–Crippen LogP) is 5.14. The molecule has 0 unspecified atom stereocenters. The average molecular weight is 276 g/mol. The Morgan fingerprint density at radius 1 is 0.412 bits per heavy atom. The molecular weight excluding hydrogens is 244 g/mol. The van der Waals surface area contributed by atoms with E-state index in [0.29, 0.717) is 0 Å². The van der Waals surface area contributed by atoms with Crippen molar-refractivity contribution in [2.45, 2.75) is 64.2 Å². The van der Waals surface area contributed by atoms with Gasteiger partial charge in [0, 0.05) is 0 Å². The number of hydrogen-bond donors (Lipinski definition) is 0. The fraction of sp³-hybridized carbons (Fsp3) is 1.00. The standard InChI is InChI=1S/2C5H10.2C2H6N.Ti/c2*1-2-4-5-3-1;2*1-3-2;/h2*1-5H2;2*1-2H3;/q;;2*-1;+4. The van der Waals surface area contributed by atoms with Gasteiger partial charge in [-0.2, -0.15) is 28.2 Å². The van der Waals surface area contributed by atoms with Crippen LogP contribution < -0.4 is 0 Å². The fourth-order valence-corrected chi connectivity index (χ4v) is 1.77. The first-order valence-electron chi connectivity index (χ1n) is 6.79. The summed E-state index contributed by atoms with van der Waals surface area (Å²) in [6.45, 7) is 0. The van der Waals surface area contributed by atoms with E-state index in [-0.39, 0.29) is 21.7 Å². The molecule has 2 nitrogen and oxygen atoms in total. The molecule has 0 atom stereocenters. The Morgan fingerprint density at radius 3 is 0.529 bits per heavy atom. The van der Waals surface area contributed by atoms with E-state index < -0.39 is 0 Å². The van der Waals surface area contributed by atoms with E-state index in [2.05, 4.69) is 10.6 Å². The van der Waals surface area contributed by atoms with Gasteiger partial charge < -0.3 is 10.6 Å². The molecule has 0 spiro atoms. The van der Waals surface area contributed by atoms with Gasteiger partial charge >= 0.3 is 21.7 Å². The van der Waals surface area contributed by atoms with Gasteiger partial charge in [0.1, 0.15) is 0 Å². The van der Waals surface area contributed by atoms with E-state index in [1.54, 1.807) is 28.2 Å². The molecule has 0 N–H and O–H groups in total. The Labute approximate surface area is 125 Å². The third-order valence-electron chi connectivity index (χ3n) is 2.50. The first kappa shape index (κ1) is 22.8. The molecule has 2 aliphatic rings. The molecule has 100 valence electrons. The summed E-state index contributed by atoms with van der Waals surface area (Å²) in [7, 11) is 7.00. The third-order valence-corrected chi connectivity index (χ3v) is 2.50. The van der Waals surface area contributed by atoms with Crippen molar-refractivity contribution in [2.24, 2.45) is 0 Å². The molecule has 0 aromatic carbocycles.